The van der Waals surface area contributed by atoms with Crippen molar-refractivity contribution in [3.8, 4) is 17.3 Å². The fraction of sp³-hybridized carbons (Fsp3) is 0. The molecule has 0 saturated heterocycles. The van der Waals surface area contributed by atoms with E-state index < -0.39 is 28.8 Å². The molecule has 2 aromatic carbocycles. The van der Waals surface area contributed by atoms with E-state index >= 15 is 0 Å². The van der Waals surface area contributed by atoms with Crippen molar-refractivity contribution in [3.05, 3.63) is 80.5 Å². The molecule has 0 saturated carbocycles. The number of aromatic hydroxyl groups is 2. The molecule has 0 unspecified atom stereocenters. The number of para-hydroxylation sites is 1. The van der Waals surface area contributed by atoms with Crippen LogP contribution in [-0.4, -0.2) is 37.1 Å². The molecule has 0 spiro atoms. The summed E-state index contributed by atoms with van der Waals surface area (Å²) in [5.41, 5.74) is -1.87. The van der Waals surface area contributed by atoms with Gasteiger partial charge in [-0.25, -0.2) is 14.2 Å². The second-order valence-corrected chi connectivity index (χ2v) is 5.43. The first kappa shape index (κ1) is 17.7. The van der Waals surface area contributed by atoms with E-state index in [2.05, 4.69) is 9.98 Å². The molecule has 0 fully saturated rings. The molecular weight excluding hydrogens is 354 g/mol. The number of benzene rings is 2. The van der Waals surface area contributed by atoms with Gasteiger partial charge in [-0.2, -0.15) is 0 Å². The molecule has 4 N–H and O–H groups in total. The molecule has 0 amide bonds. The number of aromatic nitrogens is 2. The largest absolute Gasteiger partial charge is 0.507 e. The number of H-pyrrole nitrogens is 1. The maximum atomic E-state index is 12.1. The maximum Gasteiger partial charge on any atom is 0.339 e. The minimum absolute atomic E-state index is 0.126. The van der Waals surface area contributed by atoms with Crippen molar-refractivity contribution in [2.24, 2.45) is 4.99 Å². The number of carbonyl (C=O) groups is 1. The topological polar surface area (TPSA) is 145 Å². The number of carboxylic acids is 1. The Hall–Kier alpha value is -4.14. The number of carboxylic acid groups (broad SMARTS) is 1. The van der Waals surface area contributed by atoms with Gasteiger partial charge in [0.15, 0.2) is 0 Å². The van der Waals surface area contributed by atoms with Crippen LogP contribution in [-0.2, 0) is 0 Å². The lowest BCUT2D eigenvalue weighted by atomic mass is 10.2. The van der Waals surface area contributed by atoms with E-state index in [1.807, 2.05) is 0 Å². The van der Waals surface area contributed by atoms with E-state index in [9.17, 15) is 24.6 Å². The summed E-state index contributed by atoms with van der Waals surface area (Å²) >= 11 is 0. The molecule has 27 heavy (non-hydrogen) atoms. The third kappa shape index (κ3) is 3.47. The molecule has 136 valence electrons. The average molecular weight is 367 g/mol. The second-order valence-electron chi connectivity index (χ2n) is 5.43. The van der Waals surface area contributed by atoms with Crippen molar-refractivity contribution in [1.82, 2.24) is 9.55 Å². The van der Waals surface area contributed by atoms with E-state index in [4.69, 9.17) is 5.11 Å². The van der Waals surface area contributed by atoms with Crippen molar-refractivity contribution < 1.29 is 20.1 Å². The van der Waals surface area contributed by atoms with Crippen molar-refractivity contribution in [2.45, 2.75) is 0 Å². The Balaban J connectivity index is 2.10. The predicted octanol–water partition coefficient (Wildman–Crippen LogP) is 1.39. The van der Waals surface area contributed by atoms with E-state index in [1.54, 1.807) is 30.3 Å². The zero-order valence-corrected chi connectivity index (χ0v) is 13.7. The molecule has 1 aromatic heterocycles. The molecule has 0 atom stereocenters. The summed E-state index contributed by atoms with van der Waals surface area (Å²) in [6, 6.07) is 11.8. The van der Waals surface area contributed by atoms with Crippen LogP contribution in [0.2, 0.25) is 0 Å². The Morgan fingerprint density at radius 2 is 1.78 bits per heavy atom. The monoisotopic (exact) mass is 367 g/mol. The lowest BCUT2D eigenvalue weighted by Gasteiger charge is -2.09. The summed E-state index contributed by atoms with van der Waals surface area (Å²) in [7, 11) is 0. The summed E-state index contributed by atoms with van der Waals surface area (Å²) in [6.45, 7) is 0. The molecule has 0 aliphatic heterocycles. The lowest BCUT2D eigenvalue weighted by Crippen LogP contribution is -2.31. The normalized spacial score (nSPS) is 11.0. The third-order valence-electron chi connectivity index (χ3n) is 3.69. The third-order valence-corrected chi connectivity index (χ3v) is 3.69. The Morgan fingerprint density at radius 1 is 1.07 bits per heavy atom. The number of rotatable bonds is 4. The summed E-state index contributed by atoms with van der Waals surface area (Å²) in [6.07, 6.45) is 1.01. The van der Waals surface area contributed by atoms with Gasteiger partial charge in [0.25, 0.3) is 5.56 Å². The first-order valence-corrected chi connectivity index (χ1v) is 7.62. The number of aromatic amines is 1. The van der Waals surface area contributed by atoms with Crippen LogP contribution in [0.4, 0.5) is 5.69 Å². The van der Waals surface area contributed by atoms with Crippen LogP contribution in [0, 0.1) is 0 Å². The fourth-order valence-electron chi connectivity index (χ4n) is 2.39. The van der Waals surface area contributed by atoms with Crippen LogP contribution in [0.1, 0.15) is 15.9 Å². The van der Waals surface area contributed by atoms with Crippen molar-refractivity contribution in [3.63, 3.8) is 0 Å². The number of hydrogen-bond acceptors (Lipinski definition) is 6. The van der Waals surface area contributed by atoms with E-state index in [0.717, 1.165) is 22.9 Å². The van der Waals surface area contributed by atoms with Gasteiger partial charge in [-0.15, -0.1) is 0 Å². The number of aromatic carboxylic acids is 1. The fourth-order valence-corrected chi connectivity index (χ4v) is 2.39. The van der Waals surface area contributed by atoms with Crippen LogP contribution in [0.5, 0.6) is 11.6 Å². The van der Waals surface area contributed by atoms with E-state index in [0.29, 0.717) is 5.69 Å². The quantitative estimate of drug-likeness (QED) is 0.513. The highest BCUT2D eigenvalue weighted by Gasteiger charge is 2.14. The number of hydrogen-bond donors (Lipinski definition) is 4. The molecular formula is C18H13N3O6. The first-order valence-electron chi connectivity index (χ1n) is 7.62. The smallest absolute Gasteiger partial charge is 0.339 e. The molecule has 9 nitrogen and oxygen atoms in total. The Bertz CT molecular complexity index is 1160. The molecule has 3 rings (SSSR count). The standard InChI is InChI=1S/C18H13N3O6/c22-14-7-6-10(8-12(14)17(25)26)19-9-13-15(23)20-18(27)21(16(13)24)11-4-2-1-3-5-11/h1-9,22,24H,(H,25,26)(H,20,23,27). The van der Waals surface area contributed by atoms with Gasteiger partial charge >= 0.3 is 11.7 Å². The minimum Gasteiger partial charge on any atom is -0.507 e. The van der Waals surface area contributed by atoms with Crippen molar-refractivity contribution >= 4 is 17.9 Å². The highest BCUT2D eigenvalue weighted by Crippen LogP contribution is 2.23. The van der Waals surface area contributed by atoms with Gasteiger partial charge in [0, 0.05) is 6.21 Å². The molecule has 3 aromatic rings. The van der Waals surface area contributed by atoms with Gasteiger partial charge < -0.3 is 15.3 Å². The summed E-state index contributed by atoms with van der Waals surface area (Å²) in [5, 5.41) is 28.9. The van der Waals surface area contributed by atoms with Gasteiger partial charge in [0.1, 0.15) is 16.9 Å². The zero-order valence-electron chi connectivity index (χ0n) is 13.7. The molecule has 9 heteroatoms. The van der Waals surface area contributed by atoms with Crippen molar-refractivity contribution in [2.75, 3.05) is 0 Å². The van der Waals surface area contributed by atoms with Crippen LogP contribution in [0.25, 0.3) is 5.69 Å². The number of aliphatic imine (C=N–C) groups is 1. The van der Waals surface area contributed by atoms with Gasteiger partial charge in [-0.1, -0.05) is 18.2 Å². The van der Waals surface area contributed by atoms with Crippen LogP contribution in [0.3, 0.4) is 0 Å². The van der Waals surface area contributed by atoms with Crippen molar-refractivity contribution in [1.29, 1.82) is 0 Å². The highest BCUT2D eigenvalue weighted by atomic mass is 16.4. The Morgan fingerprint density at radius 3 is 2.44 bits per heavy atom. The summed E-state index contributed by atoms with van der Waals surface area (Å²) in [4.78, 5) is 41.2. The zero-order chi connectivity index (χ0) is 19.6. The number of nitrogens with zero attached hydrogens (tertiary/aromatic N) is 2. The van der Waals surface area contributed by atoms with Gasteiger partial charge in [-0.05, 0) is 30.3 Å². The van der Waals surface area contributed by atoms with Crippen LogP contribution < -0.4 is 11.2 Å². The number of phenols is 1. The SMILES string of the molecule is O=C(O)c1cc(N=Cc2c(O)n(-c3ccccc3)c(=O)[nH]c2=O)ccc1O. The molecule has 0 aliphatic rings. The summed E-state index contributed by atoms with van der Waals surface area (Å²) in [5.74, 6) is -2.39. The predicted molar refractivity (Wildman–Crippen MR) is 96.6 cm³/mol. The second kappa shape index (κ2) is 7.00. The average Bonchev–Trinajstić information content (AvgIpc) is 2.63. The number of nitrogens with one attached hydrogen (secondary N) is 1. The molecule has 0 radical (unpaired) electrons. The van der Waals surface area contributed by atoms with Crippen LogP contribution in [0.15, 0.2) is 63.1 Å². The minimum atomic E-state index is -1.34. The Labute approximate surface area is 151 Å². The van der Waals surface area contributed by atoms with Gasteiger partial charge in [0.05, 0.1) is 11.4 Å². The van der Waals surface area contributed by atoms with Gasteiger partial charge in [-0.3, -0.25) is 14.8 Å². The lowest BCUT2D eigenvalue weighted by molar-refractivity contribution is 0.0693. The van der Waals surface area contributed by atoms with Crippen LogP contribution >= 0.6 is 0 Å². The highest BCUT2D eigenvalue weighted by molar-refractivity contribution is 5.92. The molecule has 1 heterocycles. The summed E-state index contributed by atoms with van der Waals surface area (Å²) < 4.78 is 0.905. The van der Waals surface area contributed by atoms with Gasteiger partial charge in [0.2, 0.25) is 5.88 Å². The maximum absolute atomic E-state index is 12.1. The van der Waals surface area contributed by atoms with E-state index in [-0.39, 0.29) is 16.8 Å². The molecule has 0 aliphatic carbocycles. The Kier molecular flexibility index (Phi) is 4.58. The first-order chi connectivity index (χ1) is 12.9. The van der Waals surface area contributed by atoms with E-state index in [1.165, 1.54) is 6.07 Å². The molecule has 0 bridgehead atoms.